The van der Waals surface area contributed by atoms with Crippen LogP contribution in [0, 0.1) is 0 Å². The van der Waals surface area contributed by atoms with E-state index in [1.54, 1.807) is 60.7 Å². The number of nitrogens with one attached hydrogen (secondary N) is 1. The van der Waals surface area contributed by atoms with Gasteiger partial charge in [-0.05, 0) is 42.8 Å². The minimum Gasteiger partial charge on any atom is -0.495 e. The van der Waals surface area contributed by atoms with Crippen molar-refractivity contribution in [3.05, 3.63) is 55.0 Å². The molecule has 0 radical (unpaired) electrons. The number of benzene rings is 1. The second-order valence-corrected chi connectivity index (χ2v) is 6.16. The number of rotatable bonds is 6. The van der Waals surface area contributed by atoms with Crippen LogP contribution in [0.5, 0.6) is 5.75 Å². The fourth-order valence-electron chi connectivity index (χ4n) is 3.00. The summed E-state index contributed by atoms with van der Waals surface area (Å²) in [5, 5.41) is 7.11. The van der Waals surface area contributed by atoms with Gasteiger partial charge < -0.3 is 14.5 Å². The average Bonchev–Trinajstić information content (AvgIpc) is 3.38. The van der Waals surface area contributed by atoms with Crippen molar-refractivity contribution in [1.82, 2.24) is 19.7 Å². The van der Waals surface area contributed by atoms with E-state index in [4.69, 9.17) is 9.15 Å². The molecule has 0 saturated carbocycles. The zero-order valence-corrected chi connectivity index (χ0v) is 15.5. The molecule has 0 bridgehead atoms. The lowest BCUT2D eigenvalue weighted by atomic mass is 10.1. The number of ether oxygens (including phenoxy) is 1. The van der Waals surface area contributed by atoms with Gasteiger partial charge in [0.15, 0.2) is 11.2 Å². The van der Waals surface area contributed by atoms with Crippen molar-refractivity contribution >= 4 is 22.8 Å². The molecule has 1 atom stereocenters. The lowest BCUT2D eigenvalue weighted by Gasteiger charge is -2.17. The number of carbonyl (C=O) groups excluding carboxylic acids is 1. The highest BCUT2D eigenvalue weighted by atomic mass is 16.5. The van der Waals surface area contributed by atoms with Gasteiger partial charge in [0.25, 0.3) is 0 Å². The number of aromatic nitrogens is 4. The molecule has 4 aromatic rings. The summed E-state index contributed by atoms with van der Waals surface area (Å²) >= 11 is 0. The van der Waals surface area contributed by atoms with Crippen molar-refractivity contribution in [2.45, 2.75) is 19.4 Å². The smallest absolute Gasteiger partial charge is 0.249 e. The topological polar surface area (TPSA) is 95.1 Å². The predicted molar refractivity (Wildman–Crippen MR) is 104 cm³/mol. The second kappa shape index (κ2) is 7.51. The van der Waals surface area contributed by atoms with Gasteiger partial charge >= 0.3 is 0 Å². The maximum atomic E-state index is 12.8. The number of fused-ring (bicyclic) bond motifs is 1. The van der Waals surface area contributed by atoms with E-state index in [2.05, 4.69) is 20.4 Å². The van der Waals surface area contributed by atoms with E-state index in [0.717, 1.165) is 0 Å². The van der Waals surface area contributed by atoms with E-state index >= 15 is 0 Å². The van der Waals surface area contributed by atoms with E-state index < -0.39 is 6.04 Å². The first-order valence-corrected chi connectivity index (χ1v) is 8.89. The number of hydrogen-bond acceptors (Lipinski definition) is 6. The van der Waals surface area contributed by atoms with Gasteiger partial charge in [0.05, 0.1) is 12.8 Å². The molecule has 0 spiro atoms. The summed E-state index contributed by atoms with van der Waals surface area (Å²) in [4.78, 5) is 21.4. The fraction of sp³-hybridized carbons (Fsp3) is 0.200. The highest BCUT2D eigenvalue weighted by Crippen LogP contribution is 2.32. The minimum atomic E-state index is -0.420. The van der Waals surface area contributed by atoms with Crippen molar-refractivity contribution in [1.29, 1.82) is 0 Å². The summed E-state index contributed by atoms with van der Waals surface area (Å²) in [6.07, 6.45) is 5.69. The Bertz CT molecular complexity index is 1070. The number of oxazole rings is 1. The van der Waals surface area contributed by atoms with Crippen molar-refractivity contribution in [2.75, 3.05) is 12.4 Å². The average molecular weight is 377 g/mol. The van der Waals surface area contributed by atoms with E-state index in [1.165, 1.54) is 0 Å². The Kier molecular flexibility index (Phi) is 4.76. The van der Waals surface area contributed by atoms with Crippen molar-refractivity contribution in [2.24, 2.45) is 0 Å². The Morgan fingerprint density at radius 2 is 2.18 bits per heavy atom. The molecule has 28 heavy (non-hydrogen) atoms. The monoisotopic (exact) mass is 377 g/mol. The largest absolute Gasteiger partial charge is 0.495 e. The third kappa shape index (κ3) is 3.32. The summed E-state index contributed by atoms with van der Waals surface area (Å²) in [5.74, 6) is 0.786. The van der Waals surface area contributed by atoms with Crippen molar-refractivity contribution in [3.8, 4) is 17.2 Å². The first-order valence-electron chi connectivity index (χ1n) is 8.89. The van der Waals surface area contributed by atoms with E-state index in [9.17, 15) is 4.79 Å². The van der Waals surface area contributed by atoms with E-state index in [0.29, 0.717) is 40.5 Å². The van der Waals surface area contributed by atoms with E-state index in [1.807, 2.05) is 13.0 Å². The van der Waals surface area contributed by atoms with Crippen LogP contribution in [0.15, 0.2) is 59.4 Å². The zero-order valence-electron chi connectivity index (χ0n) is 15.5. The van der Waals surface area contributed by atoms with Crippen LogP contribution in [-0.4, -0.2) is 32.8 Å². The highest BCUT2D eigenvalue weighted by Gasteiger charge is 2.21. The molecule has 1 aromatic carbocycles. The Morgan fingerprint density at radius 3 is 2.89 bits per heavy atom. The van der Waals surface area contributed by atoms with Gasteiger partial charge in [-0.1, -0.05) is 6.92 Å². The van der Waals surface area contributed by atoms with Gasteiger partial charge in [-0.3, -0.25) is 9.48 Å². The summed E-state index contributed by atoms with van der Waals surface area (Å²) in [5.41, 5.74) is 2.37. The van der Waals surface area contributed by atoms with Gasteiger partial charge in [0.2, 0.25) is 11.8 Å². The van der Waals surface area contributed by atoms with Gasteiger partial charge in [-0.2, -0.15) is 10.1 Å². The Morgan fingerprint density at radius 1 is 1.29 bits per heavy atom. The molecule has 0 aliphatic carbocycles. The van der Waals surface area contributed by atoms with Crippen molar-refractivity contribution < 1.29 is 13.9 Å². The van der Waals surface area contributed by atoms with Crippen LogP contribution in [0.1, 0.15) is 19.4 Å². The van der Waals surface area contributed by atoms with Gasteiger partial charge in [-0.15, -0.1) is 0 Å². The molecule has 3 aromatic heterocycles. The van der Waals surface area contributed by atoms with Crippen LogP contribution < -0.4 is 10.1 Å². The summed E-state index contributed by atoms with van der Waals surface area (Å²) < 4.78 is 12.8. The maximum Gasteiger partial charge on any atom is 0.249 e. The number of carbonyl (C=O) groups is 1. The molecule has 1 N–H and O–H groups in total. The molecular weight excluding hydrogens is 358 g/mol. The molecule has 142 valence electrons. The van der Waals surface area contributed by atoms with Crippen LogP contribution in [0.3, 0.4) is 0 Å². The third-order valence-corrected chi connectivity index (χ3v) is 4.40. The number of methoxy groups -OCH3 is 1. The maximum absolute atomic E-state index is 12.8. The van der Waals surface area contributed by atoms with Crippen LogP contribution in [0.2, 0.25) is 0 Å². The zero-order chi connectivity index (χ0) is 19.5. The van der Waals surface area contributed by atoms with Crippen molar-refractivity contribution in [3.63, 3.8) is 0 Å². The van der Waals surface area contributed by atoms with Gasteiger partial charge in [0, 0.05) is 24.2 Å². The Labute approximate surface area is 161 Å². The Balaban J connectivity index is 1.66. The minimum absolute atomic E-state index is 0.180. The molecule has 8 nitrogen and oxygen atoms in total. The van der Waals surface area contributed by atoms with Gasteiger partial charge in [-0.25, -0.2) is 4.98 Å². The molecule has 4 rings (SSSR count). The normalized spacial score (nSPS) is 12.1. The lowest BCUT2D eigenvalue weighted by Crippen LogP contribution is -2.26. The number of pyridine rings is 1. The molecule has 0 aliphatic heterocycles. The first-order chi connectivity index (χ1) is 13.7. The van der Waals surface area contributed by atoms with Crippen LogP contribution >= 0.6 is 0 Å². The second-order valence-electron chi connectivity index (χ2n) is 6.16. The van der Waals surface area contributed by atoms with Crippen LogP contribution in [-0.2, 0) is 4.79 Å². The molecule has 8 heteroatoms. The first kappa shape index (κ1) is 17.7. The molecule has 1 amide bonds. The summed E-state index contributed by atoms with van der Waals surface area (Å²) in [7, 11) is 1.55. The molecule has 0 unspecified atom stereocenters. The fourth-order valence-corrected chi connectivity index (χ4v) is 3.00. The molecule has 3 heterocycles. The molecule has 0 saturated heterocycles. The van der Waals surface area contributed by atoms with Crippen LogP contribution in [0.4, 0.5) is 5.69 Å². The number of hydrogen-bond donors (Lipinski definition) is 1. The Hall–Kier alpha value is -3.68. The molecule has 0 fully saturated rings. The lowest BCUT2D eigenvalue weighted by molar-refractivity contribution is -0.119. The van der Waals surface area contributed by atoms with Gasteiger partial charge in [0.1, 0.15) is 11.8 Å². The molecule has 0 aliphatic rings. The highest BCUT2D eigenvalue weighted by molar-refractivity contribution is 5.95. The number of nitrogens with zero attached hydrogens (tertiary/aromatic N) is 4. The summed E-state index contributed by atoms with van der Waals surface area (Å²) in [6.45, 7) is 1.94. The SMILES string of the molecule is CC[C@H](C(=O)Nc1cc(-c2nc3ncccc3o2)ccc1OC)n1cccn1. The third-order valence-electron chi connectivity index (χ3n) is 4.40. The molecular formula is C20H19N5O3. The summed E-state index contributed by atoms with van der Waals surface area (Å²) in [6, 6.07) is 10.3. The van der Waals surface area contributed by atoms with E-state index in [-0.39, 0.29) is 5.91 Å². The number of amides is 1. The predicted octanol–water partition coefficient (Wildman–Crippen LogP) is 3.68. The number of anilines is 1. The quantitative estimate of drug-likeness (QED) is 0.551. The standard InChI is InChI=1S/C20H19N5O3/c1-3-15(25-11-5-10-22-25)19(26)23-14-12-13(7-8-16(14)27-2)20-24-18-17(28-20)6-4-9-21-18/h4-12,15H,3H2,1-2H3,(H,23,26)/t15-/m1/s1. The van der Waals surface area contributed by atoms with Crippen LogP contribution in [0.25, 0.3) is 22.7 Å².